The molecule has 0 fully saturated rings. The summed E-state index contributed by atoms with van der Waals surface area (Å²) >= 11 is 0. The van der Waals surface area contributed by atoms with Crippen LogP contribution in [-0.2, 0) is 4.79 Å². The monoisotopic (exact) mass is 325 g/mol. The van der Waals surface area contributed by atoms with Gasteiger partial charge in [0.1, 0.15) is 5.92 Å². The predicted octanol–water partition coefficient (Wildman–Crippen LogP) is 2.93. The molecule has 0 spiro atoms. The number of urea groups is 1. The zero-order valence-electron chi connectivity index (χ0n) is 11.0. The van der Waals surface area contributed by atoms with Crippen LogP contribution in [0.4, 0.5) is 25.0 Å². The molecular formula is C14H10ClF2N3O2. The molecule has 3 amide bonds. The Balaban J connectivity index is 0.00000176. The third-order valence-electron chi connectivity index (χ3n) is 3.19. The van der Waals surface area contributed by atoms with Crippen LogP contribution >= 0.6 is 12.4 Å². The van der Waals surface area contributed by atoms with E-state index in [-0.39, 0.29) is 23.8 Å². The van der Waals surface area contributed by atoms with Gasteiger partial charge in [0.25, 0.3) is 0 Å². The second-order valence-electron chi connectivity index (χ2n) is 4.57. The second-order valence-corrected chi connectivity index (χ2v) is 4.57. The Hall–Kier alpha value is -2.54. The first-order valence-electron chi connectivity index (χ1n) is 6.04. The Morgan fingerprint density at radius 1 is 1.09 bits per heavy atom. The number of hydrogen-bond acceptors (Lipinski definition) is 3. The lowest BCUT2D eigenvalue weighted by Gasteiger charge is -2.28. The largest absolute Gasteiger partial charge is 0.399 e. The number of hydrogen-bond donors (Lipinski definition) is 1. The van der Waals surface area contributed by atoms with Gasteiger partial charge < -0.3 is 5.73 Å². The number of allylic oxidation sites excluding steroid dienone is 3. The maximum atomic E-state index is 13.3. The van der Waals surface area contributed by atoms with E-state index in [9.17, 15) is 18.4 Å². The number of aliphatic imine (C=N–C) groups is 1. The van der Waals surface area contributed by atoms with Crippen molar-refractivity contribution in [1.29, 1.82) is 0 Å². The van der Waals surface area contributed by atoms with E-state index in [1.54, 1.807) is 0 Å². The van der Waals surface area contributed by atoms with E-state index in [0.29, 0.717) is 5.69 Å². The molecule has 0 bridgehead atoms. The van der Waals surface area contributed by atoms with Crippen LogP contribution in [-0.4, -0.2) is 17.6 Å². The summed E-state index contributed by atoms with van der Waals surface area (Å²) in [5.74, 6) is -4.08. The van der Waals surface area contributed by atoms with Gasteiger partial charge in [0.05, 0.1) is 11.4 Å². The second kappa shape index (κ2) is 5.69. The van der Waals surface area contributed by atoms with Crippen molar-refractivity contribution in [3.8, 4) is 0 Å². The molecule has 0 saturated heterocycles. The normalized spacial score (nSPS) is 20.5. The van der Waals surface area contributed by atoms with Gasteiger partial charge in [0, 0.05) is 5.69 Å². The van der Waals surface area contributed by atoms with Crippen LogP contribution in [0.5, 0.6) is 0 Å². The highest BCUT2D eigenvalue weighted by Gasteiger charge is 2.39. The zero-order chi connectivity index (χ0) is 15.1. The Morgan fingerprint density at radius 2 is 1.73 bits per heavy atom. The molecule has 5 nitrogen and oxygen atoms in total. The summed E-state index contributed by atoms with van der Waals surface area (Å²) in [6, 6.07) is 5.14. The van der Waals surface area contributed by atoms with Crippen molar-refractivity contribution in [3.63, 3.8) is 0 Å². The third-order valence-corrected chi connectivity index (χ3v) is 3.19. The van der Waals surface area contributed by atoms with Crippen LogP contribution in [0.2, 0.25) is 0 Å². The van der Waals surface area contributed by atoms with Gasteiger partial charge in [-0.1, -0.05) is 0 Å². The van der Waals surface area contributed by atoms with E-state index < -0.39 is 29.5 Å². The van der Waals surface area contributed by atoms with Gasteiger partial charge in [0.15, 0.2) is 11.7 Å². The molecule has 0 radical (unpaired) electrons. The predicted molar refractivity (Wildman–Crippen MR) is 80.3 cm³/mol. The quantitative estimate of drug-likeness (QED) is 0.807. The summed E-state index contributed by atoms with van der Waals surface area (Å²) in [5.41, 5.74) is 6.17. The number of amides is 3. The molecule has 0 saturated carbocycles. The van der Waals surface area contributed by atoms with Crippen LogP contribution in [0.15, 0.2) is 53.1 Å². The van der Waals surface area contributed by atoms with E-state index in [0.717, 1.165) is 17.1 Å². The molecule has 8 heteroatoms. The van der Waals surface area contributed by atoms with Crippen molar-refractivity contribution in [1.82, 2.24) is 0 Å². The van der Waals surface area contributed by atoms with Crippen molar-refractivity contribution in [3.05, 3.63) is 48.1 Å². The zero-order valence-corrected chi connectivity index (χ0v) is 11.8. The Kier molecular flexibility index (Phi) is 4.09. The molecule has 1 unspecified atom stereocenters. The lowest BCUT2D eigenvalue weighted by Crippen LogP contribution is -2.46. The van der Waals surface area contributed by atoms with Gasteiger partial charge in [-0.3, -0.25) is 4.79 Å². The van der Waals surface area contributed by atoms with E-state index in [4.69, 9.17) is 5.73 Å². The Bertz CT molecular complexity index is 741. The SMILES string of the molecule is Cl.Nc1ccc(N2C(=O)N=C3C=C(F)C(F)=CC3C2=O)cc1. The first-order valence-corrected chi connectivity index (χ1v) is 6.04. The number of rotatable bonds is 1. The molecule has 22 heavy (non-hydrogen) atoms. The van der Waals surface area contributed by atoms with Crippen LogP contribution in [0.3, 0.4) is 0 Å². The minimum Gasteiger partial charge on any atom is -0.399 e. The lowest BCUT2D eigenvalue weighted by molar-refractivity contribution is -0.118. The number of nitrogens with zero attached hydrogens (tertiary/aromatic N) is 2. The molecule has 1 aromatic rings. The highest BCUT2D eigenvalue weighted by Crippen LogP contribution is 2.30. The number of carbonyl (C=O) groups excluding carboxylic acids is 2. The Morgan fingerprint density at radius 3 is 2.36 bits per heavy atom. The molecule has 2 aliphatic rings. The average Bonchev–Trinajstić information content (AvgIpc) is 2.43. The summed E-state index contributed by atoms with van der Waals surface area (Å²) in [7, 11) is 0. The number of imide groups is 1. The van der Waals surface area contributed by atoms with Crippen LogP contribution in [0.25, 0.3) is 0 Å². The number of nitrogens with two attached hydrogens (primary N) is 1. The number of carbonyl (C=O) groups is 2. The summed E-state index contributed by atoms with van der Waals surface area (Å²) in [6.07, 6.45) is 1.57. The van der Waals surface area contributed by atoms with Crippen LogP contribution in [0, 0.1) is 5.92 Å². The first kappa shape index (κ1) is 15.8. The molecule has 3 rings (SSSR count). The van der Waals surface area contributed by atoms with Crippen LogP contribution in [0.1, 0.15) is 0 Å². The topological polar surface area (TPSA) is 75.8 Å². The van der Waals surface area contributed by atoms with Gasteiger partial charge in [-0.2, -0.15) is 4.99 Å². The summed E-state index contributed by atoms with van der Waals surface area (Å²) in [6.45, 7) is 0. The highest BCUT2D eigenvalue weighted by molar-refractivity contribution is 6.30. The number of anilines is 2. The third kappa shape index (κ3) is 2.50. The molecule has 0 aromatic heterocycles. The van der Waals surface area contributed by atoms with Crippen LogP contribution < -0.4 is 10.6 Å². The van der Waals surface area contributed by atoms with Crippen molar-refractivity contribution >= 4 is 41.4 Å². The first-order chi connectivity index (χ1) is 9.97. The van der Waals surface area contributed by atoms with Crippen molar-refractivity contribution in [2.24, 2.45) is 10.9 Å². The maximum Gasteiger partial charge on any atom is 0.355 e. The van der Waals surface area contributed by atoms with Gasteiger partial charge >= 0.3 is 6.03 Å². The minimum atomic E-state index is -1.15. The summed E-state index contributed by atoms with van der Waals surface area (Å²) < 4.78 is 26.4. The molecule has 1 aromatic carbocycles. The van der Waals surface area contributed by atoms with Gasteiger partial charge in [0.2, 0.25) is 5.91 Å². The maximum absolute atomic E-state index is 13.3. The molecule has 1 atom stereocenters. The fraction of sp³-hybridized carbons (Fsp3) is 0.0714. The Labute approximate surface area is 130 Å². The number of benzene rings is 1. The molecule has 2 N–H and O–H groups in total. The van der Waals surface area contributed by atoms with Gasteiger partial charge in [-0.05, 0) is 36.4 Å². The summed E-state index contributed by atoms with van der Waals surface area (Å²) in [5, 5.41) is 0. The summed E-state index contributed by atoms with van der Waals surface area (Å²) in [4.78, 5) is 28.7. The molecule has 114 valence electrons. The van der Waals surface area contributed by atoms with Gasteiger partial charge in [-0.25, -0.2) is 18.5 Å². The lowest BCUT2D eigenvalue weighted by atomic mass is 9.94. The molecule has 1 heterocycles. The average molecular weight is 326 g/mol. The smallest absolute Gasteiger partial charge is 0.355 e. The number of halogens is 3. The van der Waals surface area contributed by atoms with E-state index in [2.05, 4.69) is 4.99 Å². The fourth-order valence-electron chi connectivity index (χ4n) is 2.15. The van der Waals surface area contributed by atoms with Crippen molar-refractivity contribution in [2.75, 3.05) is 10.6 Å². The fourth-order valence-corrected chi connectivity index (χ4v) is 2.15. The highest BCUT2D eigenvalue weighted by atomic mass is 35.5. The number of fused-ring (bicyclic) bond motifs is 1. The molecule has 1 aliphatic heterocycles. The van der Waals surface area contributed by atoms with E-state index >= 15 is 0 Å². The van der Waals surface area contributed by atoms with E-state index in [1.165, 1.54) is 24.3 Å². The van der Waals surface area contributed by atoms with E-state index in [1.807, 2.05) is 0 Å². The standard InChI is InChI=1S/C14H9F2N3O2.ClH/c15-10-5-9-12(6-11(10)16)18-14(21)19(13(9)20)8-3-1-7(17)2-4-8;/h1-6,9H,17H2;1H. The minimum absolute atomic E-state index is 0. The molecular weight excluding hydrogens is 316 g/mol. The number of nitrogen functional groups attached to an aromatic ring is 1. The van der Waals surface area contributed by atoms with Crippen molar-refractivity contribution in [2.45, 2.75) is 0 Å². The molecule has 1 aliphatic carbocycles. The van der Waals surface area contributed by atoms with Crippen molar-refractivity contribution < 1.29 is 18.4 Å². The van der Waals surface area contributed by atoms with Gasteiger partial charge in [-0.15, -0.1) is 12.4 Å².